The van der Waals surface area contributed by atoms with Crippen molar-refractivity contribution >= 4 is 0 Å². The third-order valence-electron chi connectivity index (χ3n) is 3.03. The van der Waals surface area contributed by atoms with E-state index in [2.05, 4.69) is 5.32 Å². The molecule has 0 aliphatic carbocycles. The fraction of sp³-hybridized carbons (Fsp3) is 0.500. The van der Waals surface area contributed by atoms with Crippen molar-refractivity contribution in [1.82, 2.24) is 5.32 Å². The Kier molecular flexibility index (Phi) is 3.29. The number of piperidine rings is 1. The maximum atomic E-state index is 13.8. The lowest BCUT2D eigenvalue weighted by Crippen LogP contribution is -2.28. The molecule has 1 unspecified atom stereocenters. The number of nitrogens with one attached hydrogen (secondary N) is 1. The topological polar surface area (TPSA) is 41.5 Å². The Morgan fingerprint density at radius 3 is 2.94 bits per heavy atom. The molecule has 88 valence electrons. The van der Waals surface area contributed by atoms with Crippen molar-refractivity contribution in [3.8, 4) is 11.5 Å². The largest absolute Gasteiger partial charge is 0.504 e. The Hall–Kier alpha value is -1.29. The van der Waals surface area contributed by atoms with Crippen LogP contribution >= 0.6 is 0 Å². The fourth-order valence-electron chi connectivity index (χ4n) is 2.15. The van der Waals surface area contributed by atoms with Crippen molar-refractivity contribution in [3.63, 3.8) is 0 Å². The first kappa shape index (κ1) is 11.2. The van der Waals surface area contributed by atoms with Gasteiger partial charge in [-0.2, -0.15) is 0 Å². The third kappa shape index (κ3) is 2.11. The predicted molar refractivity (Wildman–Crippen MR) is 59.5 cm³/mol. The van der Waals surface area contributed by atoms with Crippen LogP contribution in [0.4, 0.5) is 4.39 Å². The minimum atomic E-state index is -0.302. The summed E-state index contributed by atoms with van der Waals surface area (Å²) in [6.45, 7) is 1.75. The second-order valence-corrected chi connectivity index (χ2v) is 4.09. The van der Waals surface area contributed by atoms with Crippen molar-refractivity contribution in [2.45, 2.75) is 18.8 Å². The van der Waals surface area contributed by atoms with Crippen molar-refractivity contribution in [3.05, 3.63) is 23.5 Å². The van der Waals surface area contributed by atoms with Gasteiger partial charge < -0.3 is 15.2 Å². The van der Waals surface area contributed by atoms with Crippen molar-refractivity contribution in [2.75, 3.05) is 20.2 Å². The van der Waals surface area contributed by atoms with Gasteiger partial charge in [-0.05, 0) is 36.9 Å². The van der Waals surface area contributed by atoms with Gasteiger partial charge in [0.25, 0.3) is 0 Å². The molecule has 1 atom stereocenters. The van der Waals surface area contributed by atoms with E-state index >= 15 is 0 Å². The van der Waals surface area contributed by atoms with E-state index in [0.717, 1.165) is 25.9 Å². The smallest absolute Gasteiger partial charge is 0.163 e. The van der Waals surface area contributed by atoms with E-state index in [0.29, 0.717) is 5.56 Å². The van der Waals surface area contributed by atoms with E-state index in [-0.39, 0.29) is 23.2 Å². The van der Waals surface area contributed by atoms with Crippen molar-refractivity contribution < 1.29 is 14.2 Å². The molecule has 4 heteroatoms. The molecule has 0 bridgehead atoms. The maximum absolute atomic E-state index is 13.8. The zero-order valence-corrected chi connectivity index (χ0v) is 9.29. The normalized spacial score (nSPS) is 20.8. The van der Waals surface area contributed by atoms with Crippen molar-refractivity contribution in [1.29, 1.82) is 0 Å². The summed E-state index contributed by atoms with van der Waals surface area (Å²) >= 11 is 0. The van der Waals surface area contributed by atoms with Crippen LogP contribution in [-0.2, 0) is 0 Å². The molecule has 0 aromatic heterocycles. The Labute approximate surface area is 94.2 Å². The van der Waals surface area contributed by atoms with Gasteiger partial charge in [0.05, 0.1) is 7.11 Å². The minimum absolute atomic E-state index is 0.00414. The van der Waals surface area contributed by atoms with Crippen LogP contribution in [0, 0.1) is 5.82 Å². The zero-order valence-electron chi connectivity index (χ0n) is 9.29. The first-order chi connectivity index (χ1) is 7.72. The minimum Gasteiger partial charge on any atom is -0.504 e. The number of hydrogen-bond acceptors (Lipinski definition) is 3. The van der Waals surface area contributed by atoms with Gasteiger partial charge in [-0.15, -0.1) is 0 Å². The van der Waals surface area contributed by atoms with E-state index in [1.54, 1.807) is 0 Å². The quantitative estimate of drug-likeness (QED) is 0.809. The van der Waals surface area contributed by atoms with E-state index in [4.69, 9.17) is 4.74 Å². The van der Waals surface area contributed by atoms with Crippen LogP contribution in [0.15, 0.2) is 12.1 Å². The second-order valence-electron chi connectivity index (χ2n) is 4.09. The van der Waals surface area contributed by atoms with Gasteiger partial charge in [0.1, 0.15) is 5.82 Å². The fourth-order valence-corrected chi connectivity index (χ4v) is 2.15. The van der Waals surface area contributed by atoms with E-state index < -0.39 is 0 Å². The molecule has 2 N–H and O–H groups in total. The first-order valence-corrected chi connectivity index (χ1v) is 5.49. The molecule has 3 nitrogen and oxygen atoms in total. The number of halogens is 1. The summed E-state index contributed by atoms with van der Waals surface area (Å²) < 4.78 is 18.6. The Morgan fingerprint density at radius 2 is 2.31 bits per heavy atom. The highest BCUT2D eigenvalue weighted by Crippen LogP contribution is 2.34. The second kappa shape index (κ2) is 4.70. The lowest BCUT2D eigenvalue weighted by atomic mass is 9.91. The zero-order chi connectivity index (χ0) is 11.5. The van der Waals surface area contributed by atoms with Gasteiger partial charge in [-0.1, -0.05) is 0 Å². The number of benzene rings is 1. The standard InChI is InChI=1S/C12H16FNO2/c1-16-12-6-10(13)9(5-11(12)15)8-3-2-4-14-7-8/h5-6,8,14-15H,2-4,7H2,1H3. The first-order valence-electron chi connectivity index (χ1n) is 5.49. The summed E-state index contributed by atoms with van der Waals surface area (Å²) in [5.41, 5.74) is 0.575. The summed E-state index contributed by atoms with van der Waals surface area (Å²) in [4.78, 5) is 0. The van der Waals surface area contributed by atoms with Gasteiger partial charge in [0.15, 0.2) is 11.5 Å². The molecule has 1 heterocycles. The number of rotatable bonds is 2. The average Bonchev–Trinajstić information content (AvgIpc) is 2.32. The molecule has 0 amide bonds. The van der Waals surface area contributed by atoms with Crippen LogP contribution in [0.5, 0.6) is 11.5 Å². The number of ether oxygens (including phenoxy) is 1. The van der Waals surface area contributed by atoms with Gasteiger partial charge in [0.2, 0.25) is 0 Å². The number of hydrogen-bond donors (Lipinski definition) is 2. The summed E-state index contributed by atoms with van der Waals surface area (Å²) in [6, 6.07) is 2.73. The summed E-state index contributed by atoms with van der Waals surface area (Å²) in [5.74, 6) is 0.0309. The van der Waals surface area contributed by atoms with Gasteiger partial charge >= 0.3 is 0 Å². The van der Waals surface area contributed by atoms with Crippen LogP contribution in [0.3, 0.4) is 0 Å². The number of phenols is 1. The number of aromatic hydroxyl groups is 1. The van der Waals surface area contributed by atoms with Gasteiger partial charge in [0, 0.05) is 12.6 Å². The van der Waals surface area contributed by atoms with Crippen LogP contribution in [0.25, 0.3) is 0 Å². The van der Waals surface area contributed by atoms with Crippen molar-refractivity contribution in [2.24, 2.45) is 0 Å². The van der Waals surface area contributed by atoms with Crippen LogP contribution in [0.2, 0.25) is 0 Å². The summed E-state index contributed by atoms with van der Waals surface area (Å²) in [6.07, 6.45) is 1.99. The average molecular weight is 225 g/mol. The number of phenolic OH excluding ortho intramolecular Hbond substituents is 1. The highest BCUT2D eigenvalue weighted by molar-refractivity contribution is 5.43. The molecule has 16 heavy (non-hydrogen) atoms. The van der Waals surface area contributed by atoms with Gasteiger partial charge in [-0.25, -0.2) is 4.39 Å². The van der Waals surface area contributed by atoms with Crippen LogP contribution < -0.4 is 10.1 Å². The Balaban J connectivity index is 2.29. The maximum Gasteiger partial charge on any atom is 0.163 e. The lowest BCUT2D eigenvalue weighted by molar-refractivity contribution is 0.366. The van der Waals surface area contributed by atoms with E-state index in [9.17, 15) is 9.50 Å². The summed E-state index contributed by atoms with van der Waals surface area (Å²) in [5, 5.41) is 12.9. The molecule has 1 aromatic carbocycles. The van der Waals surface area contributed by atoms with Crippen LogP contribution in [0.1, 0.15) is 24.3 Å². The highest BCUT2D eigenvalue weighted by atomic mass is 19.1. The molecular weight excluding hydrogens is 209 g/mol. The highest BCUT2D eigenvalue weighted by Gasteiger charge is 2.20. The molecule has 1 aromatic rings. The lowest BCUT2D eigenvalue weighted by Gasteiger charge is -2.23. The SMILES string of the molecule is COc1cc(F)c(C2CCCNC2)cc1O. The van der Waals surface area contributed by atoms with Gasteiger partial charge in [-0.3, -0.25) is 0 Å². The Morgan fingerprint density at radius 1 is 1.50 bits per heavy atom. The monoisotopic (exact) mass is 225 g/mol. The third-order valence-corrected chi connectivity index (χ3v) is 3.03. The van der Waals surface area contributed by atoms with Crippen LogP contribution in [-0.4, -0.2) is 25.3 Å². The molecule has 0 spiro atoms. The molecule has 1 aliphatic heterocycles. The summed E-state index contributed by atoms with van der Waals surface area (Å²) in [7, 11) is 1.41. The van der Waals surface area contributed by atoms with E-state index in [1.807, 2.05) is 0 Å². The molecule has 0 saturated carbocycles. The molecule has 1 aliphatic rings. The van der Waals surface area contributed by atoms with E-state index in [1.165, 1.54) is 19.2 Å². The number of methoxy groups -OCH3 is 1. The predicted octanol–water partition coefficient (Wildman–Crippen LogP) is 2.01. The molecular formula is C12H16FNO2. The molecule has 0 radical (unpaired) electrons. The molecule has 1 fully saturated rings. The Bertz CT molecular complexity index is 376. The molecule has 1 saturated heterocycles. The molecule has 2 rings (SSSR count).